The van der Waals surface area contributed by atoms with Crippen LogP contribution in [-0.4, -0.2) is 16.2 Å². The number of fused-ring (bicyclic) bond motifs is 1. The summed E-state index contributed by atoms with van der Waals surface area (Å²) in [5.41, 5.74) is 1.99. The number of anilines is 1. The van der Waals surface area contributed by atoms with E-state index in [2.05, 4.69) is 61.7 Å². The minimum absolute atomic E-state index is 0.00202. The van der Waals surface area contributed by atoms with Gasteiger partial charge < -0.3 is 4.90 Å². The van der Waals surface area contributed by atoms with Gasteiger partial charge in [-0.1, -0.05) is 17.4 Å². The third-order valence-electron chi connectivity index (χ3n) is 3.75. The van der Waals surface area contributed by atoms with Crippen LogP contribution in [0.1, 0.15) is 5.56 Å². The Bertz CT molecular complexity index is 1040. The molecule has 0 saturated heterocycles. The molecule has 4 rings (SSSR count). The van der Waals surface area contributed by atoms with Crippen molar-refractivity contribution in [3.63, 3.8) is 0 Å². The molecule has 1 aliphatic rings. The van der Waals surface area contributed by atoms with Crippen molar-refractivity contribution in [3.05, 3.63) is 77.6 Å². The van der Waals surface area contributed by atoms with Gasteiger partial charge in [0.05, 0.1) is 4.53 Å². The summed E-state index contributed by atoms with van der Waals surface area (Å²) >= 11 is 3.71. The molecule has 0 saturated carbocycles. The summed E-state index contributed by atoms with van der Waals surface area (Å²) in [5.74, 6) is 0. The Morgan fingerprint density at radius 2 is 2.04 bits per heavy atom. The molecule has 5 nitrogen and oxygen atoms in total. The number of rotatable bonds is 2. The predicted molar refractivity (Wildman–Crippen MR) is 104 cm³/mol. The molecule has 7 heteroatoms. The predicted octanol–water partition coefficient (Wildman–Crippen LogP) is 1.79. The van der Waals surface area contributed by atoms with Crippen LogP contribution < -0.4 is 19.8 Å². The van der Waals surface area contributed by atoms with Gasteiger partial charge in [0.15, 0.2) is 4.80 Å². The molecule has 0 fully saturated rings. The Hall–Kier alpha value is -2.00. The molecule has 0 atom stereocenters. The van der Waals surface area contributed by atoms with Crippen molar-refractivity contribution in [3.8, 4) is 0 Å². The van der Waals surface area contributed by atoms with Gasteiger partial charge in [-0.15, -0.1) is 0 Å². The standard InChI is InChI=1S/C17H13IN4OS/c18-13-3-5-14(6-4-13)21-10-20-17-22(11-21)16(23)15(24-17)8-12-2-1-7-19-9-12/h1-9H,10-11H2. The molecule has 1 aliphatic heterocycles. The van der Waals surface area contributed by atoms with Crippen LogP contribution in [0.4, 0.5) is 5.69 Å². The zero-order valence-corrected chi connectivity index (χ0v) is 15.6. The molecule has 0 radical (unpaired) electrons. The first kappa shape index (κ1) is 15.5. The van der Waals surface area contributed by atoms with E-state index in [1.807, 2.05) is 18.2 Å². The molecule has 2 aromatic heterocycles. The minimum atomic E-state index is -0.00202. The molecule has 0 unspecified atom stereocenters. The van der Waals surface area contributed by atoms with E-state index >= 15 is 0 Å². The third-order valence-corrected chi connectivity index (χ3v) is 5.51. The first-order valence-electron chi connectivity index (χ1n) is 7.37. The highest BCUT2D eigenvalue weighted by Gasteiger charge is 2.15. The van der Waals surface area contributed by atoms with Gasteiger partial charge in [-0.2, -0.15) is 0 Å². The van der Waals surface area contributed by atoms with Crippen LogP contribution in [0.2, 0.25) is 0 Å². The maximum absolute atomic E-state index is 12.7. The van der Waals surface area contributed by atoms with E-state index in [0.717, 1.165) is 16.1 Å². The van der Waals surface area contributed by atoms with E-state index in [9.17, 15) is 4.79 Å². The lowest BCUT2D eigenvalue weighted by Gasteiger charge is -2.25. The van der Waals surface area contributed by atoms with Crippen molar-refractivity contribution < 1.29 is 0 Å². The number of thiazole rings is 1. The van der Waals surface area contributed by atoms with Crippen molar-refractivity contribution in [2.75, 3.05) is 11.6 Å². The Morgan fingerprint density at radius 3 is 2.79 bits per heavy atom. The maximum Gasteiger partial charge on any atom is 0.271 e. The summed E-state index contributed by atoms with van der Waals surface area (Å²) in [6.45, 7) is 1.09. The molecular weight excluding hydrogens is 435 g/mol. The number of hydrogen-bond donors (Lipinski definition) is 0. The van der Waals surface area contributed by atoms with Crippen LogP contribution in [0, 0.1) is 3.57 Å². The monoisotopic (exact) mass is 448 g/mol. The van der Waals surface area contributed by atoms with Gasteiger partial charge in [0.1, 0.15) is 13.3 Å². The van der Waals surface area contributed by atoms with Crippen molar-refractivity contribution in [2.45, 2.75) is 6.67 Å². The molecule has 0 spiro atoms. The van der Waals surface area contributed by atoms with Gasteiger partial charge in [0, 0.05) is 21.7 Å². The molecule has 3 aromatic rings. The summed E-state index contributed by atoms with van der Waals surface area (Å²) in [7, 11) is 0. The van der Waals surface area contributed by atoms with Crippen LogP contribution in [0.25, 0.3) is 6.08 Å². The Kier molecular flexibility index (Phi) is 4.19. The second-order valence-electron chi connectivity index (χ2n) is 5.37. The average molecular weight is 448 g/mol. The lowest BCUT2D eigenvalue weighted by atomic mass is 10.3. The van der Waals surface area contributed by atoms with Gasteiger partial charge in [-0.05, 0) is 64.6 Å². The quantitative estimate of drug-likeness (QED) is 0.562. The Balaban J connectivity index is 1.71. The van der Waals surface area contributed by atoms with Crippen molar-refractivity contribution in [1.29, 1.82) is 0 Å². The SMILES string of the molecule is O=c1c(=Cc2cccnc2)sc2n1CN(c1ccc(I)cc1)CN=2. The van der Waals surface area contributed by atoms with E-state index in [1.165, 1.54) is 14.9 Å². The highest BCUT2D eigenvalue weighted by atomic mass is 127. The smallest absolute Gasteiger partial charge is 0.271 e. The van der Waals surface area contributed by atoms with E-state index in [0.29, 0.717) is 17.9 Å². The number of nitrogens with zero attached hydrogens (tertiary/aromatic N) is 4. The van der Waals surface area contributed by atoms with Crippen LogP contribution in [0.5, 0.6) is 0 Å². The molecular formula is C17H13IN4OS. The first-order chi connectivity index (χ1) is 11.7. The van der Waals surface area contributed by atoms with E-state index < -0.39 is 0 Å². The zero-order valence-electron chi connectivity index (χ0n) is 12.6. The maximum atomic E-state index is 12.7. The van der Waals surface area contributed by atoms with E-state index in [1.54, 1.807) is 17.0 Å². The lowest BCUT2D eigenvalue weighted by molar-refractivity contribution is 0.569. The largest absolute Gasteiger partial charge is 0.334 e. The third kappa shape index (κ3) is 3.01. The van der Waals surface area contributed by atoms with Crippen LogP contribution in [0.15, 0.2) is 58.6 Å². The molecule has 120 valence electrons. The van der Waals surface area contributed by atoms with Gasteiger partial charge >= 0.3 is 0 Å². The van der Waals surface area contributed by atoms with Gasteiger partial charge in [-0.25, -0.2) is 4.99 Å². The summed E-state index contributed by atoms with van der Waals surface area (Å²) < 4.78 is 3.60. The van der Waals surface area contributed by atoms with Gasteiger partial charge in [0.2, 0.25) is 0 Å². The molecule has 1 aromatic carbocycles. The highest BCUT2D eigenvalue weighted by molar-refractivity contribution is 14.1. The average Bonchev–Trinajstić information content (AvgIpc) is 2.92. The van der Waals surface area contributed by atoms with Crippen LogP contribution in [0.3, 0.4) is 0 Å². The lowest BCUT2D eigenvalue weighted by Crippen LogP contribution is -2.42. The highest BCUT2D eigenvalue weighted by Crippen LogP contribution is 2.17. The van der Waals surface area contributed by atoms with Crippen molar-refractivity contribution >= 4 is 45.7 Å². The Labute approximate surface area is 155 Å². The van der Waals surface area contributed by atoms with Crippen LogP contribution in [-0.2, 0) is 6.67 Å². The number of benzene rings is 1. The molecule has 0 amide bonds. The fraction of sp³-hybridized carbons (Fsp3) is 0.118. The minimum Gasteiger partial charge on any atom is -0.334 e. The summed E-state index contributed by atoms with van der Waals surface area (Å²) in [6, 6.07) is 12.0. The van der Waals surface area contributed by atoms with Crippen molar-refractivity contribution in [1.82, 2.24) is 9.55 Å². The second kappa shape index (κ2) is 6.48. The Morgan fingerprint density at radius 1 is 1.21 bits per heavy atom. The number of hydrogen-bond acceptors (Lipinski definition) is 5. The second-order valence-corrected chi connectivity index (χ2v) is 7.62. The molecule has 0 bridgehead atoms. The number of pyridine rings is 1. The van der Waals surface area contributed by atoms with Gasteiger partial charge in [-0.3, -0.25) is 14.3 Å². The van der Waals surface area contributed by atoms with E-state index in [4.69, 9.17) is 0 Å². The van der Waals surface area contributed by atoms with Gasteiger partial charge in [0.25, 0.3) is 5.56 Å². The first-order valence-corrected chi connectivity index (χ1v) is 9.27. The summed E-state index contributed by atoms with van der Waals surface area (Å²) in [4.78, 5) is 24.2. The fourth-order valence-electron chi connectivity index (χ4n) is 2.54. The zero-order chi connectivity index (χ0) is 16.5. The molecule has 0 N–H and O–H groups in total. The van der Waals surface area contributed by atoms with Crippen LogP contribution >= 0.6 is 33.9 Å². The summed E-state index contributed by atoms with van der Waals surface area (Å²) in [6.07, 6.45) is 5.34. The molecule has 0 aliphatic carbocycles. The molecule has 24 heavy (non-hydrogen) atoms. The topological polar surface area (TPSA) is 50.5 Å². The van der Waals surface area contributed by atoms with E-state index in [-0.39, 0.29) is 5.56 Å². The normalized spacial score (nSPS) is 14.4. The van der Waals surface area contributed by atoms with Crippen molar-refractivity contribution in [2.24, 2.45) is 4.99 Å². The fourth-order valence-corrected chi connectivity index (χ4v) is 3.86. The molecule has 3 heterocycles. The number of halogens is 1. The summed E-state index contributed by atoms with van der Waals surface area (Å²) in [5, 5.41) is 0. The number of aromatic nitrogens is 2.